The number of aliphatic imine (C=N–C) groups is 1. The van der Waals surface area contributed by atoms with Gasteiger partial charge in [-0.1, -0.05) is 61.2 Å². The van der Waals surface area contributed by atoms with Crippen molar-refractivity contribution in [3.05, 3.63) is 84.6 Å². The zero-order valence-corrected chi connectivity index (χ0v) is 11.1. The maximum absolute atomic E-state index is 4.74. The molecule has 0 aliphatic carbocycles. The van der Waals surface area contributed by atoms with Crippen molar-refractivity contribution in [2.75, 3.05) is 0 Å². The molecule has 0 bridgehead atoms. The van der Waals surface area contributed by atoms with Crippen LogP contribution in [0.4, 0.5) is 0 Å². The van der Waals surface area contributed by atoms with E-state index in [4.69, 9.17) is 4.99 Å². The predicted molar refractivity (Wildman–Crippen MR) is 82.1 cm³/mol. The largest absolute Gasteiger partial charge is 0.347 e. The van der Waals surface area contributed by atoms with Gasteiger partial charge in [0.25, 0.3) is 0 Å². The molecule has 1 aliphatic heterocycles. The Labute approximate surface area is 114 Å². The van der Waals surface area contributed by atoms with Crippen LogP contribution < -0.4 is 5.32 Å². The van der Waals surface area contributed by atoms with Gasteiger partial charge in [0.1, 0.15) is 5.84 Å². The molecular formula is C17H18N2. The molecule has 96 valence electrons. The second-order valence-corrected chi connectivity index (χ2v) is 4.18. The van der Waals surface area contributed by atoms with Crippen LogP contribution in [-0.4, -0.2) is 11.9 Å². The van der Waals surface area contributed by atoms with E-state index in [1.807, 2.05) is 43.5 Å². The maximum Gasteiger partial charge on any atom is 0.133 e. The Morgan fingerprint density at radius 2 is 2.11 bits per heavy atom. The van der Waals surface area contributed by atoms with Gasteiger partial charge in [0.15, 0.2) is 0 Å². The van der Waals surface area contributed by atoms with Crippen LogP contribution in [0.5, 0.6) is 0 Å². The van der Waals surface area contributed by atoms with Crippen LogP contribution in [-0.2, 0) is 0 Å². The summed E-state index contributed by atoms with van der Waals surface area (Å²) >= 11 is 0. The van der Waals surface area contributed by atoms with Gasteiger partial charge in [-0.15, -0.1) is 0 Å². The summed E-state index contributed by atoms with van der Waals surface area (Å²) in [5, 5.41) is 3.20. The highest BCUT2D eigenvalue weighted by atomic mass is 15.0. The average Bonchev–Trinajstić information content (AvgIpc) is 2.49. The van der Waals surface area contributed by atoms with Crippen molar-refractivity contribution >= 4 is 5.84 Å². The fourth-order valence-corrected chi connectivity index (χ4v) is 1.92. The van der Waals surface area contributed by atoms with Gasteiger partial charge in [0, 0.05) is 11.8 Å². The number of benzene rings is 1. The van der Waals surface area contributed by atoms with Crippen LogP contribution in [0.15, 0.2) is 84.1 Å². The van der Waals surface area contributed by atoms with E-state index in [1.165, 1.54) is 0 Å². The highest BCUT2D eigenvalue weighted by molar-refractivity contribution is 6.00. The lowest BCUT2D eigenvalue weighted by Crippen LogP contribution is -2.26. The van der Waals surface area contributed by atoms with E-state index >= 15 is 0 Å². The summed E-state index contributed by atoms with van der Waals surface area (Å²) in [6, 6.07) is 10.2. The lowest BCUT2D eigenvalue weighted by atomic mass is 10.1. The number of allylic oxidation sites excluding steroid dienone is 3. The quantitative estimate of drug-likeness (QED) is 0.811. The van der Waals surface area contributed by atoms with Crippen molar-refractivity contribution < 1.29 is 0 Å². The Morgan fingerprint density at radius 3 is 2.79 bits per heavy atom. The monoisotopic (exact) mass is 250 g/mol. The van der Waals surface area contributed by atoms with E-state index in [2.05, 4.69) is 36.2 Å². The Balaban J connectivity index is 2.26. The average molecular weight is 250 g/mol. The van der Waals surface area contributed by atoms with Gasteiger partial charge >= 0.3 is 0 Å². The van der Waals surface area contributed by atoms with Crippen LogP contribution in [0.1, 0.15) is 12.5 Å². The van der Waals surface area contributed by atoms with E-state index in [-0.39, 0.29) is 6.04 Å². The van der Waals surface area contributed by atoms with Gasteiger partial charge < -0.3 is 5.32 Å². The molecule has 2 rings (SSSR count). The first-order valence-electron chi connectivity index (χ1n) is 6.37. The molecule has 0 amide bonds. The Kier molecular flexibility index (Phi) is 4.51. The molecule has 0 saturated heterocycles. The molecule has 1 aromatic carbocycles. The SMILES string of the molecule is C=C/C=C\C(=C/C)C1C=CNC(c2ccccc2)=N1. The summed E-state index contributed by atoms with van der Waals surface area (Å²) in [4.78, 5) is 4.74. The summed E-state index contributed by atoms with van der Waals surface area (Å²) in [5.74, 6) is 0.902. The smallest absolute Gasteiger partial charge is 0.133 e. The zero-order valence-electron chi connectivity index (χ0n) is 11.1. The van der Waals surface area contributed by atoms with Crippen molar-refractivity contribution in [3.63, 3.8) is 0 Å². The predicted octanol–water partition coefficient (Wildman–Crippen LogP) is 3.61. The molecular weight excluding hydrogens is 232 g/mol. The van der Waals surface area contributed by atoms with Crippen molar-refractivity contribution in [3.8, 4) is 0 Å². The normalized spacial score (nSPS) is 19.1. The number of nitrogens with one attached hydrogen (secondary N) is 1. The molecule has 0 saturated carbocycles. The minimum absolute atomic E-state index is 0.0534. The summed E-state index contributed by atoms with van der Waals surface area (Å²) in [7, 11) is 0. The first-order chi connectivity index (χ1) is 9.35. The molecule has 0 spiro atoms. The Bertz CT molecular complexity index is 548. The fourth-order valence-electron chi connectivity index (χ4n) is 1.92. The Morgan fingerprint density at radius 1 is 1.32 bits per heavy atom. The summed E-state index contributed by atoms with van der Waals surface area (Å²) in [6.45, 7) is 5.72. The molecule has 0 aromatic heterocycles. The van der Waals surface area contributed by atoms with Gasteiger partial charge in [0.05, 0.1) is 6.04 Å². The minimum Gasteiger partial charge on any atom is -0.347 e. The third kappa shape index (κ3) is 3.32. The number of hydrogen-bond acceptors (Lipinski definition) is 2. The first kappa shape index (κ1) is 13.1. The maximum atomic E-state index is 4.74. The number of nitrogens with zero attached hydrogens (tertiary/aromatic N) is 1. The second kappa shape index (κ2) is 6.55. The molecule has 1 atom stereocenters. The standard InChI is InChI=1S/C17H18N2/c1-3-5-9-14(4-2)16-12-13-18-17(19-16)15-10-7-6-8-11-15/h3-13,16H,1H2,2H3,(H,18,19)/b9-5-,14-4+. The topological polar surface area (TPSA) is 24.4 Å². The zero-order chi connectivity index (χ0) is 13.5. The number of rotatable bonds is 4. The van der Waals surface area contributed by atoms with E-state index < -0.39 is 0 Å². The van der Waals surface area contributed by atoms with Crippen LogP contribution in [0.25, 0.3) is 0 Å². The number of hydrogen-bond donors (Lipinski definition) is 1. The summed E-state index contributed by atoms with van der Waals surface area (Å²) < 4.78 is 0. The summed E-state index contributed by atoms with van der Waals surface area (Å²) in [6.07, 6.45) is 11.8. The van der Waals surface area contributed by atoms with Crippen LogP contribution >= 0.6 is 0 Å². The molecule has 1 aromatic rings. The van der Waals surface area contributed by atoms with Crippen molar-refractivity contribution in [2.24, 2.45) is 4.99 Å². The van der Waals surface area contributed by atoms with Crippen LogP contribution in [0.3, 0.4) is 0 Å². The molecule has 2 heteroatoms. The molecule has 19 heavy (non-hydrogen) atoms. The van der Waals surface area contributed by atoms with Gasteiger partial charge in [-0.25, -0.2) is 0 Å². The van der Waals surface area contributed by atoms with E-state index in [0.717, 1.165) is 17.0 Å². The van der Waals surface area contributed by atoms with Gasteiger partial charge in [0.2, 0.25) is 0 Å². The van der Waals surface area contributed by atoms with Crippen molar-refractivity contribution in [1.82, 2.24) is 5.32 Å². The lowest BCUT2D eigenvalue weighted by Gasteiger charge is -2.18. The van der Waals surface area contributed by atoms with Crippen LogP contribution in [0.2, 0.25) is 0 Å². The first-order valence-corrected chi connectivity index (χ1v) is 6.37. The van der Waals surface area contributed by atoms with Crippen molar-refractivity contribution in [1.29, 1.82) is 0 Å². The molecule has 1 heterocycles. The minimum atomic E-state index is 0.0534. The van der Waals surface area contributed by atoms with Gasteiger partial charge in [-0.05, 0) is 18.6 Å². The van der Waals surface area contributed by atoms with Gasteiger partial charge in [-0.2, -0.15) is 0 Å². The van der Waals surface area contributed by atoms with E-state index in [9.17, 15) is 0 Å². The lowest BCUT2D eigenvalue weighted by molar-refractivity contribution is 0.927. The molecule has 1 N–H and O–H groups in total. The second-order valence-electron chi connectivity index (χ2n) is 4.18. The fraction of sp³-hybridized carbons (Fsp3) is 0.118. The number of amidine groups is 1. The molecule has 0 radical (unpaired) electrons. The van der Waals surface area contributed by atoms with Crippen molar-refractivity contribution in [2.45, 2.75) is 13.0 Å². The third-order valence-electron chi connectivity index (χ3n) is 2.91. The molecule has 2 nitrogen and oxygen atoms in total. The molecule has 1 unspecified atom stereocenters. The van der Waals surface area contributed by atoms with E-state index in [1.54, 1.807) is 6.08 Å². The third-order valence-corrected chi connectivity index (χ3v) is 2.91. The summed E-state index contributed by atoms with van der Waals surface area (Å²) in [5.41, 5.74) is 2.26. The van der Waals surface area contributed by atoms with E-state index in [0.29, 0.717) is 0 Å². The van der Waals surface area contributed by atoms with Gasteiger partial charge in [-0.3, -0.25) is 4.99 Å². The highest BCUT2D eigenvalue weighted by Gasteiger charge is 2.12. The highest BCUT2D eigenvalue weighted by Crippen LogP contribution is 2.15. The Hall–Kier alpha value is -2.35. The molecule has 0 fully saturated rings. The molecule has 1 aliphatic rings. The van der Waals surface area contributed by atoms with Crippen LogP contribution in [0, 0.1) is 0 Å².